The molecule has 0 fully saturated rings. The van der Waals surface area contributed by atoms with Crippen molar-refractivity contribution in [1.82, 2.24) is 15.0 Å². The fourth-order valence-corrected chi connectivity index (χ4v) is 5.33. The molecule has 11 heteroatoms. The molecule has 0 bridgehead atoms. The van der Waals surface area contributed by atoms with Crippen LogP contribution in [0.2, 0.25) is 5.02 Å². The fourth-order valence-electron chi connectivity index (χ4n) is 3.89. The second-order valence-corrected chi connectivity index (χ2v) is 10.3. The monoisotopic (exact) mass is 550 g/mol. The summed E-state index contributed by atoms with van der Waals surface area (Å²) in [6, 6.07) is 23.8. The normalized spacial score (nSPS) is 11.8. The molecule has 0 spiro atoms. The molecule has 194 valence electrons. The van der Waals surface area contributed by atoms with Gasteiger partial charge in [-0.25, -0.2) is 22.7 Å². The number of carboxylic acid groups (broad SMARTS) is 1. The molecule has 0 radical (unpaired) electrons. The zero-order valence-corrected chi connectivity index (χ0v) is 21.4. The Kier molecular flexibility index (Phi) is 8.25. The van der Waals surface area contributed by atoms with E-state index in [1.165, 1.54) is 18.2 Å². The van der Waals surface area contributed by atoms with Gasteiger partial charge in [0.1, 0.15) is 4.90 Å². The van der Waals surface area contributed by atoms with Crippen molar-refractivity contribution < 1.29 is 23.1 Å². The number of nitrogens with one attached hydrogen (secondary N) is 3. The fraction of sp³-hybridized carbons (Fsp3) is 0.0741. The van der Waals surface area contributed by atoms with Crippen molar-refractivity contribution in [2.24, 2.45) is 0 Å². The summed E-state index contributed by atoms with van der Waals surface area (Å²) in [5.74, 6) is 0. The van der Waals surface area contributed by atoms with Gasteiger partial charge in [-0.05, 0) is 47.9 Å². The number of anilines is 1. The van der Waals surface area contributed by atoms with Gasteiger partial charge < -0.3 is 10.4 Å². The summed E-state index contributed by atoms with van der Waals surface area (Å²) in [5, 5.41) is 14.0. The molecule has 3 amide bonds. The molecule has 1 unspecified atom stereocenters. The summed E-state index contributed by atoms with van der Waals surface area (Å²) in [5.41, 5.74) is 3.21. The summed E-state index contributed by atoms with van der Waals surface area (Å²) in [6.45, 7) is 0. The van der Waals surface area contributed by atoms with Crippen LogP contribution < -0.4 is 15.4 Å². The van der Waals surface area contributed by atoms with Gasteiger partial charge in [0.05, 0.1) is 16.8 Å². The third kappa shape index (κ3) is 6.67. The maximum Gasteiger partial charge on any atom is 0.409 e. The Bertz CT molecular complexity index is 1550. The summed E-state index contributed by atoms with van der Waals surface area (Å²) in [4.78, 5) is 28.2. The van der Waals surface area contributed by atoms with Crippen molar-refractivity contribution in [3.8, 4) is 11.1 Å². The molecule has 3 aromatic carbocycles. The minimum atomic E-state index is -4.24. The molecule has 1 aromatic heterocycles. The largest absolute Gasteiger partial charge is 0.465 e. The highest BCUT2D eigenvalue weighted by atomic mass is 35.5. The highest BCUT2D eigenvalue weighted by Gasteiger charge is 2.25. The standard InChI is InChI=1S/C27H23ClN4O5S/c28-22-10-4-5-11-24(22)38(36,37)32-26(33)31-23(17-18-7-2-1-3-8-18)25-21(9-6-16-29-25)19-12-14-20(15-13-19)30-27(34)35/h1-16,23,30H,17H2,(H,34,35)(H2,31,32,33). The average molecular weight is 551 g/mol. The van der Waals surface area contributed by atoms with E-state index < -0.39 is 28.2 Å². The van der Waals surface area contributed by atoms with Crippen LogP contribution in [0.3, 0.4) is 0 Å². The highest BCUT2D eigenvalue weighted by molar-refractivity contribution is 7.90. The first kappa shape index (κ1) is 26.6. The van der Waals surface area contributed by atoms with Crippen LogP contribution in [0.5, 0.6) is 0 Å². The molecule has 0 aliphatic heterocycles. The van der Waals surface area contributed by atoms with E-state index in [-0.39, 0.29) is 9.92 Å². The van der Waals surface area contributed by atoms with E-state index in [0.29, 0.717) is 23.4 Å². The number of carbonyl (C=O) groups is 2. The Balaban J connectivity index is 1.66. The van der Waals surface area contributed by atoms with Gasteiger partial charge in [0.25, 0.3) is 10.0 Å². The van der Waals surface area contributed by atoms with Gasteiger partial charge in [-0.1, -0.05) is 72.3 Å². The maximum absolute atomic E-state index is 13.0. The van der Waals surface area contributed by atoms with Crippen LogP contribution in [-0.4, -0.2) is 30.6 Å². The lowest BCUT2D eigenvalue weighted by Gasteiger charge is -2.22. The lowest BCUT2D eigenvalue weighted by Crippen LogP contribution is -2.42. The summed E-state index contributed by atoms with van der Waals surface area (Å²) < 4.78 is 27.7. The van der Waals surface area contributed by atoms with Crippen LogP contribution in [0, 0.1) is 0 Å². The van der Waals surface area contributed by atoms with Gasteiger partial charge in [0, 0.05) is 17.4 Å². The van der Waals surface area contributed by atoms with Gasteiger partial charge in [-0.2, -0.15) is 0 Å². The van der Waals surface area contributed by atoms with Crippen molar-refractivity contribution in [3.63, 3.8) is 0 Å². The molecule has 1 atom stereocenters. The lowest BCUT2D eigenvalue weighted by molar-refractivity contribution is 0.209. The van der Waals surface area contributed by atoms with Crippen molar-refractivity contribution >= 4 is 39.4 Å². The van der Waals surface area contributed by atoms with Crippen molar-refractivity contribution in [2.45, 2.75) is 17.4 Å². The molecule has 0 saturated carbocycles. The number of hydrogen-bond donors (Lipinski definition) is 4. The van der Waals surface area contributed by atoms with E-state index in [1.807, 2.05) is 41.1 Å². The van der Waals surface area contributed by atoms with Gasteiger partial charge in [-0.3, -0.25) is 10.3 Å². The van der Waals surface area contributed by atoms with E-state index in [2.05, 4.69) is 15.6 Å². The highest BCUT2D eigenvalue weighted by Crippen LogP contribution is 2.30. The first-order chi connectivity index (χ1) is 18.2. The van der Waals surface area contributed by atoms with Gasteiger partial charge in [0.15, 0.2) is 0 Å². The van der Waals surface area contributed by atoms with Gasteiger partial charge >= 0.3 is 12.1 Å². The van der Waals surface area contributed by atoms with Crippen LogP contribution in [0.4, 0.5) is 15.3 Å². The molecule has 0 aliphatic carbocycles. The van der Waals surface area contributed by atoms with Crippen LogP contribution in [0.25, 0.3) is 11.1 Å². The maximum atomic E-state index is 13.0. The third-order valence-corrected chi connectivity index (χ3v) is 7.39. The molecule has 9 nitrogen and oxygen atoms in total. The molecule has 1 heterocycles. The number of pyridine rings is 1. The van der Waals surface area contributed by atoms with Crippen LogP contribution in [0.1, 0.15) is 17.3 Å². The van der Waals surface area contributed by atoms with E-state index >= 15 is 0 Å². The van der Waals surface area contributed by atoms with Crippen molar-refractivity contribution in [3.05, 3.63) is 113 Å². The summed E-state index contributed by atoms with van der Waals surface area (Å²) in [7, 11) is -4.24. The van der Waals surface area contributed by atoms with E-state index in [9.17, 15) is 18.0 Å². The number of benzene rings is 3. The summed E-state index contributed by atoms with van der Waals surface area (Å²) >= 11 is 6.03. The first-order valence-corrected chi connectivity index (χ1v) is 13.3. The molecule has 4 N–H and O–H groups in total. The number of aromatic nitrogens is 1. The Labute approximate surface area is 224 Å². The van der Waals surface area contributed by atoms with Crippen molar-refractivity contribution in [2.75, 3.05) is 5.32 Å². The number of rotatable bonds is 8. The minimum Gasteiger partial charge on any atom is -0.465 e. The van der Waals surface area contributed by atoms with Crippen molar-refractivity contribution in [1.29, 1.82) is 0 Å². The Morgan fingerprint density at radius 3 is 2.26 bits per heavy atom. The smallest absolute Gasteiger partial charge is 0.409 e. The Morgan fingerprint density at radius 1 is 0.895 bits per heavy atom. The van der Waals surface area contributed by atoms with Crippen LogP contribution in [0.15, 0.2) is 102 Å². The lowest BCUT2D eigenvalue weighted by atomic mass is 9.95. The number of urea groups is 1. The third-order valence-electron chi connectivity index (χ3n) is 5.56. The number of nitrogens with zero attached hydrogens (tertiary/aromatic N) is 1. The number of sulfonamides is 1. The Hall–Kier alpha value is -4.41. The first-order valence-electron chi connectivity index (χ1n) is 11.4. The topological polar surface area (TPSA) is 137 Å². The number of halogens is 1. The number of hydrogen-bond acceptors (Lipinski definition) is 5. The predicted molar refractivity (Wildman–Crippen MR) is 145 cm³/mol. The Morgan fingerprint density at radius 2 is 1.58 bits per heavy atom. The average Bonchev–Trinajstić information content (AvgIpc) is 2.89. The minimum absolute atomic E-state index is 0.0125. The quantitative estimate of drug-likeness (QED) is 0.230. The van der Waals surface area contributed by atoms with Gasteiger partial charge in [-0.15, -0.1) is 0 Å². The molecular weight excluding hydrogens is 528 g/mol. The molecule has 4 rings (SSSR count). The predicted octanol–water partition coefficient (Wildman–Crippen LogP) is 5.46. The zero-order chi connectivity index (χ0) is 27.1. The summed E-state index contributed by atoms with van der Waals surface area (Å²) in [6.07, 6.45) is 0.727. The molecular formula is C27H23ClN4O5S. The molecule has 0 aliphatic rings. The van der Waals surface area contributed by atoms with Gasteiger partial charge in [0.2, 0.25) is 0 Å². The second kappa shape index (κ2) is 11.8. The zero-order valence-electron chi connectivity index (χ0n) is 19.8. The molecule has 38 heavy (non-hydrogen) atoms. The SMILES string of the molecule is O=C(O)Nc1ccc(-c2cccnc2C(Cc2ccccc2)NC(=O)NS(=O)(=O)c2ccccc2Cl)cc1. The van der Waals surface area contributed by atoms with E-state index in [4.69, 9.17) is 16.7 Å². The van der Waals surface area contributed by atoms with Crippen LogP contribution in [-0.2, 0) is 16.4 Å². The van der Waals surface area contributed by atoms with Crippen LogP contribution >= 0.6 is 11.6 Å². The molecule has 0 saturated heterocycles. The number of carbonyl (C=O) groups excluding carboxylic acids is 1. The molecule has 4 aromatic rings. The number of amides is 3. The van der Waals surface area contributed by atoms with E-state index in [0.717, 1.165) is 11.1 Å². The second-order valence-electron chi connectivity index (χ2n) is 8.20. The van der Waals surface area contributed by atoms with E-state index in [1.54, 1.807) is 42.6 Å².